The van der Waals surface area contributed by atoms with E-state index in [-0.39, 0.29) is 5.03 Å². The van der Waals surface area contributed by atoms with E-state index in [2.05, 4.69) is 20.2 Å². The topological polar surface area (TPSA) is 86.9 Å². The van der Waals surface area contributed by atoms with Crippen LogP contribution in [0.15, 0.2) is 11.2 Å². The molecule has 0 atom stereocenters. The lowest BCUT2D eigenvalue weighted by Crippen LogP contribution is -2.45. The molecule has 2 aliphatic rings. The van der Waals surface area contributed by atoms with Crippen molar-refractivity contribution in [2.24, 2.45) is 5.92 Å². The second-order valence-corrected chi connectivity index (χ2v) is 8.10. The van der Waals surface area contributed by atoms with Gasteiger partial charge in [-0.3, -0.25) is 5.10 Å². The number of aromatic amines is 1. The van der Waals surface area contributed by atoms with Gasteiger partial charge in [0.25, 0.3) is 10.0 Å². The molecule has 0 bridgehead atoms. The van der Waals surface area contributed by atoms with Crippen molar-refractivity contribution in [1.29, 1.82) is 0 Å². The van der Waals surface area contributed by atoms with Gasteiger partial charge in [-0.1, -0.05) is 0 Å². The number of nitrogens with zero attached hydrogens (tertiary/aromatic N) is 1. The molecule has 20 heavy (non-hydrogen) atoms. The molecule has 0 spiro atoms. The SMILES string of the molecule is CC(C)(NS(=O)(=O)c1[nH]ncc1CNC1CC1)C1CC1. The second-order valence-electron chi connectivity index (χ2n) is 6.48. The summed E-state index contributed by atoms with van der Waals surface area (Å²) in [5.74, 6) is 0.438. The molecule has 7 heteroatoms. The van der Waals surface area contributed by atoms with Crippen molar-refractivity contribution in [3.05, 3.63) is 11.8 Å². The minimum atomic E-state index is -3.55. The van der Waals surface area contributed by atoms with Gasteiger partial charge in [-0.15, -0.1) is 0 Å². The first-order valence-corrected chi connectivity index (χ1v) is 8.66. The number of sulfonamides is 1. The fraction of sp³-hybridized carbons (Fsp3) is 0.769. The van der Waals surface area contributed by atoms with Crippen molar-refractivity contribution in [3.8, 4) is 0 Å². The third kappa shape index (κ3) is 3.05. The fourth-order valence-electron chi connectivity index (χ4n) is 2.49. The molecule has 0 radical (unpaired) electrons. The monoisotopic (exact) mass is 298 g/mol. The molecule has 2 fully saturated rings. The van der Waals surface area contributed by atoms with E-state index in [1.165, 1.54) is 12.8 Å². The Balaban J connectivity index is 1.74. The average molecular weight is 298 g/mol. The number of hydrogen-bond acceptors (Lipinski definition) is 4. The summed E-state index contributed by atoms with van der Waals surface area (Å²) in [4.78, 5) is 0. The first kappa shape index (κ1) is 14.0. The van der Waals surface area contributed by atoms with Crippen LogP contribution in [-0.2, 0) is 16.6 Å². The number of hydrogen-bond donors (Lipinski definition) is 3. The highest BCUT2D eigenvalue weighted by Gasteiger charge is 2.41. The van der Waals surface area contributed by atoms with Gasteiger partial charge in [0, 0.05) is 23.7 Å². The molecule has 2 aliphatic carbocycles. The van der Waals surface area contributed by atoms with Crippen LogP contribution in [0, 0.1) is 5.92 Å². The number of H-pyrrole nitrogens is 1. The molecule has 0 unspecified atom stereocenters. The van der Waals surface area contributed by atoms with E-state index in [4.69, 9.17) is 0 Å². The van der Waals surface area contributed by atoms with Crippen molar-refractivity contribution in [2.75, 3.05) is 0 Å². The van der Waals surface area contributed by atoms with Crippen LogP contribution in [0.5, 0.6) is 0 Å². The Morgan fingerprint density at radius 2 is 2.05 bits per heavy atom. The van der Waals surface area contributed by atoms with E-state index in [1.807, 2.05) is 13.8 Å². The molecule has 6 nitrogen and oxygen atoms in total. The van der Waals surface area contributed by atoms with Gasteiger partial charge < -0.3 is 5.32 Å². The summed E-state index contributed by atoms with van der Waals surface area (Å²) in [6.07, 6.45) is 6.12. The van der Waals surface area contributed by atoms with E-state index in [1.54, 1.807) is 6.20 Å². The first-order chi connectivity index (χ1) is 9.38. The van der Waals surface area contributed by atoms with Crippen LogP contribution in [0.2, 0.25) is 0 Å². The van der Waals surface area contributed by atoms with Crippen LogP contribution in [0.1, 0.15) is 45.1 Å². The van der Waals surface area contributed by atoms with Crippen LogP contribution in [0.25, 0.3) is 0 Å². The van der Waals surface area contributed by atoms with Gasteiger partial charge in [-0.05, 0) is 45.4 Å². The van der Waals surface area contributed by atoms with Gasteiger partial charge in [0.1, 0.15) is 0 Å². The van der Waals surface area contributed by atoms with Gasteiger partial charge in [0.2, 0.25) is 0 Å². The normalized spacial score (nSPS) is 20.3. The van der Waals surface area contributed by atoms with Gasteiger partial charge in [0.05, 0.1) is 6.20 Å². The Morgan fingerprint density at radius 1 is 1.35 bits per heavy atom. The smallest absolute Gasteiger partial charge is 0.258 e. The summed E-state index contributed by atoms with van der Waals surface area (Å²) in [5, 5.41) is 10.0. The maximum absolute atomic E-state index is 12.5. The maximum Gasteiger partial charge on any atom is 0.258 e. The average Bonchev–Trinajstić information content (AvgIpc) is 3.23. The molecule has 1 aromatic heterocycles. The van der Waals surface area contributed by atoms with E-state index in [9.17, 15) is 8.42 Å². The van der Waals surface area contributed by atoms with Crippen LogP contribution < -0.4 is 10.0 Å². The van der Waals surface area contributed by atoms with Crippen LogP contribution in [0.4, 0.5) is 0 Å². The zero-order chi connectivity index (χ0) is 14.4. The number of nitrogens with one attached hydrogen (secondary N) is 3. The summed E-state index contributed by atoms with van der Waals surface area (Å²) in [7, 11) is -3.55. The largest absolute Gasteiger partial charge is 0.310 e. The zero-order valence-corrected chi connectivity index (χ0v) is 12.8. The molecule has 3 rings (SSSR count). The van der Waals surface area contributed by atoms with E-state index in [0.717, 1.165) is 12.8 Å². The summed E-state index contributed by atoms with van der Waals surface area (Å²) in [6, 6.07) is 0.538. The molecule has 0 amide bonds. The Labute approximate surface area is 119 Å². The van der Waals surface area contributed by atoms with Crippen molar-refractivity contribution in [3.63, 3.8) is 0 Å². The lowest BCUT2D eigenvalue weighted by Gasteiger charge is -2.25. The van der Waals surface area contributed by atoms with Gasteiger partial charge in [-0.25, -0.2) is 13.1 Å². The molecular weight excluding hydrogens is 276 g/mol. The minimum absolute atomic E-state index is 0.194. The summed E-state index contributed by atoms with van der Waals surface area (Å²) < 4.78 is 27.8. The molecule has 112 valence electrons. The second kappa shape index (κ2) is 4.82. The number of aromatic nitrogens is 2. The Hall–Kier alpha value is -0.920. The van der Waals surface area contributed by atoms with Crippen molar-refractivity contribution >= 4 is 10.0 Å². The highest BCUT2D eigenvalue weighted by atomic mass is 32.2. The van der Waals surface area contributed by atoms with Crippen LogP contribution >= 0.6 is 0 Å². The molecule has 0 saturated heterocycles. The Kier molecular flexibility index (Phi) is 3.38. The molecule has 0 aliphatic heterocycles. The Bertz CT molecular complexity index is 585. The lowest BCUT2D eigenvalue weighted by atomic mass is 10.0. The van der Waals surface area contributed by atoms with Crippen molar-refractivity contribution in [1.82, 2.24) is 20.2 Å². The molecule has 0 aromatic carbocycles. The van der Waals surface area contributed by atoms with Crippen LogP contribution in [0.3, 0.4) is 0 Å². The molecular formula is C13H22N4O2S. The highest BCUT2D eigenvalue weighted by molar-refractivity contribution is 7.89. The van der Waals surface area contributed by atoms with Crippen molar-refractivity contribution in [2.45, 2.75) is 62.7 Å². The third-order valence-corrected chi connectivity index (χ3v) is 5.79. The summed E-state index contributed by atoms with van der Waals surface area (Å²) in [6.45, 7) is 4.43. The standard InChI is InChI=1S/C13H22N4O2S/c1-13(2,10-3-4-10)17-20(18,19)12-9(8-15-16-12)7-14-11-5-6-11/h8,10-11,14,17H,3-7H2,1-2H3,(H,15,16). The molecule has 1 heterocycles. The third-order valence-electron chi connectivity index (χ3n) is 4.10. The van der Waals surface area contributed by atoms with Gasteiger partial charge in [-0.2, -0.15) is 5.10 Å². The van der Waals surface area contributed by atoms with E-state index < -0.39 is 15.6 Å². The van der Waals surface area contributed by atoms with E-state index >= 15 is 0 Å². The van der Waals surface area contributed by atoms with E-state index in [0.29, 0.717) is 24.1 Å². The Morgan fingerprint density at radius 3 is 2.65 bits per heavy atom. The fourth-order valence-corrected chi connectivity index (χ4v) is 4.09. The first-order valence-electron chi connectivity index (χ1n) is 7.18. The predicted molar refractivity (Wildman–Crippen MR) is 75.6 cm³/mol. The number of rotatable bonds is 7. The van der Waals surface area contributed by atoms with Gasteiger partial charge >= 0.3 is 0 Å². The highest BCUT2D eigenvalue weighted by Crippen LogP contribution is 2.40. The maximum atomic E-state index is 12.5. The molecule has 2 saturated carbocycles. The van der Waals surface area contributed by atoms with Crippen LogP contribution in [-0.4, -0.2) is 30.2 Å². The lowest BCUT2D eigenvalue weighted by molar-refractivity contribution is 0.399. The summed E-state index contributed by atoms with van der Waals surface area (Å²) in [5.41, 5.74) is 0.307. The predicted octanol–water partition coefficient (Wildman–Crippen LogP) is 1.13. The van der Waals surface area contributed by atoms with Gasteiger partial charge in [0.15, 0.2) is 5.03 Å². The molecule has 3 N–H and O–H groups in total. The summed E-state index contributed by atoms with van der Waals surface area (Å²) >= 11 is 0. The minimum Gasteiger partial charge on any atom is -0.310 e. The zero-order valence-electron chi connectivity index (χ0n) is 11.9. The quantitative estimate of drug-likeness (QED) is 0.704. The van der Waals surface area contributed by atoms with Crippen molar-refractivity contribution < 1.29 is 8.42 Å². The molecule has 1 aromatic rings.